The van der Waals surface area contributed by atoms with Crippen molar-refractivity contribution in [1.29, 1.82) is 0 Å². The van der Waals surface area contributed by atoms with Crippen LogP contribution in [0.5, 0.6) is 0 Å². The molecule has 0 aromatic carbocycles. The minimum Gasteiger partial charge on any atom is -0.375 e. The number of morpholine rings is 1. The molecule has 0 N–H and O–H groups in total. The molecule has 2 atom stereocenters. The van der Waals surface area contributed by atoms with Crippen molar-refractivity contribution >= 4 is 21.7 Å². The van der Waals surface area contributed by atoms with Crippen molar-refractivity contribution < 1.29 is 4.74 Å². The number of halogens is 1. The topological polar surface area (TPSA) is 38.2 Å². The Morgan fingerprint density at radius 1 is 1.44 bits per heavy atom. The quantitative estimate of drug-likeness (QED) is 0.804. The first-order valence-corrected chi connectivity index (χ1v) is 7.35. The third-order valence-corrected chi connectivity index (χ3v) is 3.68. The standard InChI is InChI=1S/C13H20BrN3O/c1-4-10-8-18-9(3)7-17(10)13-6-11(14)15-12(5-2)16-13/h6,9-10H,4-5,7-8H2,1-3H3. The average molecular weight is 314 g/mol. The molecule has 0 radical (unpaired) electrons. The lowest BCUT2D eigenvalue weighted by molar-refractivity contribution is 0.0296. The summed E-state index contributed by atoms with van der Waals surface area (Å²) in [4.78, 5) is 11.3. The largest absolute Gasteiger partial charge is 0.375 e. The van der Waals surface area contributed by atoms with Crippen molar-refractivity contribution in [2.75, 3.05) is 18.1 Å². The van der Waals surface area contributed by atoms with E-state index in [1.54, 1.807) is 0 Å². The highest BCUT2D eigenvalue weighted by Gasteiger charge is 2.27. The molecular weight excluding hydrogens is 294 g/mol. The van der Waals surface area contributed by atoms with E-state index in [1.165, 1.54) is 0 Å². The van der Waals surface area contributed by atoms with E-state index in [4.69, 9.17) is 4.74 Å². The van der Waals surface area contributed by atoms with E-state index in [9.17, 15) is 0 Å². The van der Waals surface area contributed by atoms with Crippen LogP contribution in [-0.4, -0.2) is 35.3 Å². The van der Waals surface area contributed by atoms with Gasteiger partial charge in [-0.3, -0.25) is 0 Å². The van der Waals surface area contributed by atoms with Gasteiger partial charge in [0.15, 0.2) is 0 Å². The molecule has 0 saturated carbocycles. The Morgan fingerprint density at radius 2 is 2.22 bits per heavy atom. The van der Waals surface area contributed by atoms with Gasteiger partial charge in [-0.1, -0.05) is 13.8 Å². The number of aryl methyl sites for hydroxylation is 1. The molecule has 5 heteroatoms. The summed E-state index contributed by atoms with van der Waals surface area (Å²) in [7, 11) is 0. The first-order valence-electron chi connectivity index (χ1n) is 6.55. The highest BCUT2D eigenvalue weighted by atomic mass is 79.9. The van der Waals surface area contributed by atoms with Crippen LogP contribution in [0, 0.1) is 0 Å². The van der Waals surface area contributed by atoms with Gasteiger partial charge in [-0.25, -0.2) is 9.97 Å². The van der Waals surface area contributed by atoms with Gasteiger partial charge in [0, 0.05) is 19.0 Å². The Labute approximate surface area is 117 Å². The Balaban J connectivity index is 2.29. The molecule has 2 heterocycles. The monoisotopic (exact) mass is 313 g/mol. The lowest BCUT2D eigenvalue weighted by atomic mass is 10.1. The number of nitrogens with zero attached hydrogens (tertiary/aromatic N) is 3. The second kappa shape index (κ2) is 5.97. The molecule has 0 amide bonds. The van der Waals surface area contributed by atoms with E-state index in [1.807, 2.05) is 6.07 Å². The number of aromatic nitrogens is 2. The lowest BCUT2D eigenvalue weighted by Gasteiger charge is -2.39. The molecule has 1 aromatic rings. The third-order valence-electron chi connectivity index (χ3n) is 3.28. The van der Waals surface area contributed by atoms with Crippen LogP contribution in [0.4, 0.5) is 5.82 Å². The smallest absolute Gasteiger partial charge is 0.133 e. The van der Waals surface area contributed by atoms with Crippen molar-refractivity contribution in [3.05, 3.63) is 16.5 Å². The van der Waals surface area contributed by atoms with E-state index < -0.39 is 0 Å². The van der Waals surface area contributed by atoms with Gasteiger partial charge in [-0.05, 0) is 29.3 Å². The molecule has 1 saturated heterocycles. The first-order chi connectivity index (χ1) is 8.63. The molecule has 0 bridgehead atoms. The van der Waals surface area contributed by atoms with Crippen molar-refractivity contribution in [2.24, 2.45) is 0 Å². The number of rotatable bonds is 3. The van der Waals surface area contributed by atoms with Crippen LogP contribution in [0.2, 0.25) is 0 Å². The molecule has 100 valence electrons. The van der Waals surface area contributed by atoms with Crippen molar-refractivity contribution in [1.82, 2.24) is 9.97 Å². The van der Waals surface area contributed by atoms with Gasteiger partial charge < -0.3 is 9.64 Å². The number of hydrogen-bond donors (Lipinski definition) is 0. The molecule has 4 nitrogen and oxygen atoms in total. The molecule has 2 rings (SSSR count). The molecule has 1 aromatic heterocycles. The molecule has 18 heavy (non-hydrogen) atoms. The summed E-state index contributed by atoms with van der Waals surface area (Å²) in [5.41, 5.74) is 0. The second-order valence-electron chi connectivity index (χ2n) is 4.68. The Hall–Kier alpha value is -0.680. The maximum atomic E-state index is 5.72. The molecule has 0 spiro atoms. The van der Waals surface area contributed by atoms with E-state index in [0.717, 1.165) is 42.2 Å². The molecule has 1 fully saturated rings. The van der Waals surface area contributed by atoms with Crippen LogP contribution >= 0.6 is 15.9 Å². The summed E-state index contributed by atoms with van der Waals surface area (Å²) in [6.45, 7) is 8.04. The maximum Gasteiger partial charge on any atom is 0.133 e. The minimum atomic E-state index is 0.256. The summed E-state index contributed by atoms with van der Waals surface area (Å²) < 4.78 is 6.58. The normalized spacial score (nSPS) is 24.3. The van der Waals surface area contributed by atoms with Crippen LogP contribution in [0.25, 0.3) is 0 Å². The van der Waals surface area contributed by atoms with Gasteiger partial charge in [0.2, 0.25) is 0 Å². The van der Waals surface area contributed by atoms with Crippen molar-refractivity contribution in [3.63, 3.8) is 0 Å². The first kappa shape index (κ1) is 13.7. The zero-order valence-corrected chi connectivity index (χ0v) is 12.8. The highest BCUT2D eigenvalue weighted by molar-refractivity contribution is 9.10. The second-order valence-corrected chi connectivity index (χ2v) is 5.49. The average Bonchev–Trinajstić information content (AvgIpc) is 2.38. The molecule has 2 unspecified atom stereocenters. The van der Waals surface area contributed by atoms with Gasteiger partial charge in [0.1, 0.15) is 16.2 Å². The van der Waals surface area contributed by atoms with E-state index in [2.05, 4.69) is 51.6 Å². The SMILES string of the molecule is CCc1nc(Br)cc(N2CC(C)OCC2CC)n1. The fourth-order valence-corrected chi connectivity index (χ4v) is 2.63. The molecule has 1 aliphatic heterocycles. The van der Waals surface area contributed by atoms with Crippen molar-refractivity contribution in [3.8, 4) is 0 Å². The zero-order chi connectivity index (χ0) is 13.1. The molecule has 1 aliphatic rings. The van der Waals surface area contributed by atoms with Crippen LogP contribution < -0.4 is 4.90 Å². The highest BCUT2D eigenvalue weighted by Crippen LogP contribution is 2.24. The summed E-state index contributed by atoms with van der Waals surface area (Å²) in [5.74, 6) is 1.89. The summed E-state index contributed by atoms with van der Waals surface area (Å²) in [6.07, 6.45) is 2.17. The number of ether oxygens (including phenoxy) is 1. The maximum absolute atomic E-state index is 5.72. The molecule has 0 aliphatic carbocycles. The van der Waals surface area contributed by atoms with Gasteiger partial charge >= 0.3 is 0 Å². The summed E-state index contributed by atoms with van der Waals surface area (Å²) >= 11 is 3.47. The predicted molar refractivity (Wildman–Crippen MR) is 75.9 cm³/mol. The minimum absolute atomic E-state index is 0.256. The predicted octanol–water partition coefficient (Wildman–Crippen LogP) is 2.81. The number of anilines is 1. The van der Waals surface area contributed by atoms with E-state index in [-0.39, 0.29) is 6.10 Å². The van der Waals surface area contributed by atoms with Crippen LogP contribution in [0.1, 0.15) is 33.0 Å². The van der Waals surface area contributed by atoms with Crippen LogP contribution in [0.3, 0.4) is 0 Å². The van der Waals surface area contributed by atoms with Gasteiger partial charge in [0.05, 0.1) is 18.8 Å². The third kappa shape index (κ3) is 3.01. The fraction of sp³-hybridized carbons (Fsp3) is 0.692. The van der Waals surface area contributed by atoms with Gasteiger partial charge in [0.25, 0.3) is 0 Å². The van der Waals surface area contributed by atoms with Crippen LogP contribution in [0.15, 0.2) is 10.7 Å². The number of hydrogen-bond acceptors (Lipinski definition) is 4. The summed E-state index contributed by atoms with van der Waals surface area (Å²) in [5, 5.41) is 0. The zero-order valence-electron chi connectivity index (χ0n) is 11.2. The van der Waals surface area contributed by atoms with Crippen molar-refractivity contribution in [2.45, 2.75) is 45.8 Å². The summed E-state index contributed by atoms with van der Waals surface area (Å²) in [6, 6.07) is 2.41. The lowest BCUT2D eigenvalue weighted by Crippen LogP contribution is -2.49. The Morgan fingerprint density at radius 3 is 2.89 bits per heavy atom. The Bertz CT molecular complexity index is 413. The Kier molecular flexibility index (Phi) is 4.56. The van der Waals surface area contributed by atoms with E-state index >= 15 is 0 Å². The van der Waals surface area contributed by atoms with Gasteiger partial charge in [-0.2, -0.15) is 0 Å². The van der Waals surface area contributed by atoms with Gasteiger partial charge in [-0.15, -0.1) is 0 Å². The van der Waals surface area contributed by atoms with Crippen LogP contribution in [-0.2, 0) is 11.2 Å². The fourth-order valence-electron chi connectivity index (χ4n) is 2.22. The van der Waals surface area contributed by atoms with E-state index in [0.29, 0.717) is 6.04 Å². The molecular formula is C13H20BrN3O.